The van der Waals surface area contributed by atoms with Crippen LogP contribution in [0, 0.1) is 0 Å². The maximum absolute atomic E-state index is 10.8. The highest BCUT2D eigenvalue weighted by molar-refractivity contribution is 5.91. The summed E-state index contributed by atoms with van der Waals surface area (Å²) >= 11 is 0. The maximum atomic E-state index is 10.8. The van der Waals surface area contributed by atoms with Crippen molar-refractivity contribution < 1.29 is 9.47 Å². The summed E-state index contributed by atoms with van der Waals surface area (Å²) in [6, 6.07) is 5.25. The number of amides is 1. The van der Waals surface area contributed by atoms with Gasteiger partial charge >= 0.3 is 5.91 Å². The molecule has 0 atom stereocenters. The number of carbonyl (C=O) groups excluding carboxylic acids is 1. The summed E-state index contributed by atoms with van der Waals surface area (Å²) in [5.74, 6) is -0.277. The molecule has 2 rings (SSSR count). The van der Waals surface area contributed by atoms with E-state index in [0.29, 0.717) is 5.69 Å². The molecule has 0 unspecified atom stereocenters. The van der Waals surface area contributed by atoms with Crippen molar-refractivity contribution in [2.75, 3.05) is 0 Å². The zero-order valence-corrected chi connectivity index (χ0v) is 5.06. The number of aromatic nitrogens is 1. The van der Waals surface area contributed by atoms with Crippen LogP contribution in [0.1, 0.15) is 10.5 Å². The Morgan fingerprint density at radius 2 is 2.30 bits per heavy atom. The van der Waals surface area contributed by atoms with Crippen LogP contribution < -0.4 is 4.68 Å². The van der Waals surface area contributed by atoms with Crippen molar-refractivity contribution in [3.63, 3.8) is 0 Å². The van der Waals surface area contributed by atoms with Crippen molar-refractivity contribution >= 4 is 5.91 Å². The lowest BCUT2D eigenvalue weighted by molar-refractivity contribution is -0.681. The second-order valence-corrected chi connectivity index (χ2v) is 1.93. The van der Waals surface area contributed by atoms with Gasteiger partial charge in [0.15, 0.2) is 0 Å². The average molecular weight is 134 g/mol. The first kappa shape index (κ1) is 5.22. The Hall–Kier alpha value is -1.58. The fourth-order valence-electron chi connectivity index (χ4n) is 0.822. The van der Waals surface area contributed by atoms with E-state index in [1.165, 1.54) is 4.68 Å². The quantitative estimate of drug-likeness (QED) is 0.472. The molecular formula is C6H4N3O+. The van der Waals surface area contributed by atoms with Crippen LogP contribution in [-0.4, -0.2) is 5.91 Å². The lowest BCUT2D eigenvalue weighted by Crippen LogP contribution is -2.28. The fourth-order valence-corrected chi connectivity index (χ4v) is 0.822. The first-order chi connectivity index (χ1) is 4.88. The van der Waals surface area contributed by atoms with E-state index in [2.05, 4.69) is 10.3 Å². The standard InChI is InChI=1S/C6H4N3O/c10-6-5-3-1-2-4-9(5)8-7-6/h1-4H/q+1. The smallest absolute Gasteiger partial charge is 0.229 e. The van der Waals surface area contributed by atoms with Gasteiger partial charge in [-0.25, -0.2) is 4.79 Å². The first-order valence-electron chi connectivity index (χ1n) is 2.85. The largest absolute Gasteiger partial charge is 0.450 e. The van der Waals surface area contributed by atoms with E-state index in [-0.39, 0.29) is 5.91 Å². The summed E-state index contributed by atoms with van der Waals surface area (Å²) < 4.78 is 1.45. The average Bonchev–Trinajstić information content (AvgIpc) is 2.34. The van der Waals surface area contributed by atoms with Crippen molar-refractivity contribution in [3.8, 4) is 0 Å². The van der Waals surface area contributed by atoms with Crippen LogP contribution in [-0.2, 0) is 0 Å². The third kappa shape index (κ3) is 0.556. The Morgan fingerprint density at radius 1 is 1.40 bits per heavy atom. The highest BCUT2D eigenvalue weighted by Gasteiger charge is 2.26. The molecule has 0 fully saturated rings. The Morgan fingerprint density at radius 3 is 3.10 bits per heavy atom. The summed E-state index contributed by atoms with van der Waals surface area (Å²) in [5, 5.41) is 6.93. The first-order valence-corrected chi connectivity index (χ1v) is 2.85. The van der Waals surface area contributed by atoms with Gasteiger partial charge in [-0.15, -0.1) is 0 Å². The summed E-state index contributed by atoms with van der Waals surface area (Å²) in [6.07, 6.45) is 1.68. The summed E-state index contributed by atoms with van der Waals surface area (Å²) in [4.78, 5) is 10.8. The molecule has 0 bridgehead atoms. The van der Waals surface area contributed by atoms with E-state index in [1.807, 2.05) is 0 Å². The van der Waals surface area contributed by atoms with Crippen molar-refractivity contribution in [1.29, 1.82) is 0 Å². The van der Waals surface area contributed by atoms with Gasteiger partial charge in [0.2, 0.25) is 0 Å². The minimum atomic E-state index is -0.277. The molecule has 0 radical (unpaired) electrons. The van der Waals surface area contributed by atoms with Gasteiger partial charge in [-0.1, -0.05) is 10.7 Å². The number of hydrogen-bond donors (Lipinski definition) is 0. The van der Waals surface area contributed by atoms with Gasteiger partial charge in [-0.2, -0.15) is 0 Å². The zero-order chi connectivity index (χ0) is 6.97. The van der Waals surface area contributed by atoms with E-state index in [0.717, 1.165) is 0 Å². The second kappa shape index (κ2) is 1.70. The van der Waals surface area contributed by atoms with Crippen LogP contribution in [0.2, 0.25) is 0 Å². The fraction of sp³-hybridized carbons (Fsp3) is 0. The number of fused-ring (bicyclic) bond motifs is 1. The van der Waals surface area contributed by atoms with Crippen molar-refractivity contribution in [2.45, 2.75) is 0 Å². The number of nitrogens with zero attached hydrogens (tertiary/aromatic N) is 3. The van der Waals surface area contributed by atoms with Gasteiger partial charge in [0.25, 0.3) is 5.69 Å². The number of pyridine rings is 1. The molecule has 1 aliphatic heterocycles. The molecule has 0 saturated heterocycles. The third-order valence-corrected chi connectivity index (χ3v) is 1.29. The maximum Gasteiger partial charge on any atom is 0.450 e. The van der Waals surface area contributed by atoms with E-state index in [1.54, 1.807) is 24.4 Å². The monoisotopic (exact) mass is 134 g/mol. The van der Waals surface area contributed by atoms with Crippen molar-refractivity contribution in [2.24, 2.45) is 10.3 Å². The Labute approximate surface area is 56.8 Å². The molecule has 1 aromatic heterocycles. The molecule has 10 heavy (non-hydrogen) atoms. The van der Waals surface area contributed by atoms with Crippen LogP contribution in [0.25, 0.3) is 0 Å². The van der Waals surface area contributed by atoms with Gasteiger partial charge in [0.1, 0.15) is 16.5 Å². The van der Waals surface area contributed by atoms with E-state index in [9.17, 15) is 4.79 Å². The predicted octanol–water partition coefficient (Wildman–Crippen LogP) is 0.343. The van der Waals surface area contributed by atoms with Crippen LogP contribution in [0.15, 0.2) is 34.7 Å². The van der Waals surface area contributed by atoms with E-state index < -0.39 is 0 Å². The molecule has 1 amide bonds. The third-order valence-electron chi connectivity index (χ3n) is 1.29. The van der Waals surface area contributed by atoms with Crippen molar-refractivity contribution in [1.82, 2.24) is 0 Å². The molecule has 1 aromatic rings. The Balaban J connectivity index is 2.70. The summed E-state index contributed by atoms with van der Waals surface area (Å²) in [7, 11) is 0. The highest BCUT2D eigenvalue weighted by Crippen LogP contribution is 1.99. The SMILES string of the molecule is O=C1N=N[n+]2ccccc21. The summed E-state index contributed by atoms with van der Waals surface area (Å²) in [5.41, 5.74) is 0.516. The number of hydrogen-bond acceptors (Lipinski definition) is 2. The van der Waals surface area contributed by atoms with Gasteiger partial charge in [0, 0.05) is 0 Å². The lowest BCUT2D eigenvalue weighted by atomic mass is 10.3. The number of rotatable bonds is 0. The molecular weight excluding hydrogens is 130 g/mol. The molecule has 48 valence electrons. The van der Waals surface area contributed by atoms with Crippen LogP contribution in [0.3, 0.4) is 0 Å². The Bertz CT molecular complexity index is 319. The highest BCUT2D eigenvalue weighted by atomic mass is 16.2. The van der Waals surface area contributed by atoms with Gasteiger partial charge in [-0.3, -0.25) is 0 Å². The van der Waals surface area contributed by atoms with Gasteiger partial charge in [-0.05, 0) is 12.1 Å². The second-order valence-electron chi connectivity index (χ2n) is 1.93. The van der Waals surface area contributed by atoms with Crippen LogP contribution >= 0.6 is 0 Å². The van der Waals surface area contributed by atoms with Crippen LogP contribution in [0.5, 0.6) is 0 Å². The lowest BCUT2D eigenvalue weighted by Gasteiger charge is -1.82. The molecule has 4 nitrogen and oxygen atoms in total. The minimum Gasteiger partial charge on any atom is -0.229 e. The zero-order valence-electron chi connectivity index (χ0n) is 5.06. The van der Waals surface area contributed by atoms with Gasteiger partial charge < -0.3 is 0 Å². The number of carbonyl (C=O) groups is 1. The topological polar surface area (TPSA) is 45.7 Å². The summed E-state index contributed by atoms with van der Waals surface area (Å²) in [6.45, 7) is 0. The van der Waals surface area contributed by atoms with E-state index in [4.69, 9.17) is 0 Å². The molecule has 0 aliphatic carbocycles. The van der Waals surface area contributed by atoms with E-state index >= 15 is 0 Å². The minimum absolute atomic E-state index is 0.277. The molecule has 0 N–H and O–H groups in total. The molecule has 0 spiro atoms. The van der Waals surface area contributed by atoms with Crippen molar-refractivity contribution in [3.05, 3.63) is 30.1 Å². The van der Waals surface area contributed by atoms with Gasteiger partial charge in [0.05, 0.1) is 0 Å². The Kier molecular flexibility index (Phi) is 0.887. The predicted molar refractivity (Wildman–Crippen MR) is 31.2 cm³/mol. The normalized spacial score (nSPS) is 13.8. The molecule has 2 heterocycles. The molecule has 0 saturated carbocycles. The molecule has 4 heteroatoms. The molecule has 0 aromatic carbocycles. The van der Waals surface area contributed by atoms with Crippen LogP contribution in [0.4, 0.5) is 0 Å². The molecule has 1 aliphatic rings.